The lowest BCUT2D eigenvalue weighted by atomic mass is 10.1. The highest BCUT2D eigenvalue weighted by Gasteiger charge is 2.40. The number of nitrogens with one attached hydrogen (secondary N) is 1. The molecule has 2 aliphatic rings. The first-order valence-corrected chi connectivity index (χ1v) is 11.0. The van der Waals surface area contributed by atoms with Crippen LogP contribution in [0.5, 0.6) is 0 Å². The number of fused-ring (bicyclic) bond motifs is 1. The monoisotopic (exact) mass is 424 g/mol. The van der Waals surface area contributed by atoms with E-state index in [4.69, 9.17) is 0 Å². The van der Waals surface area contributed by atoms with E-state index in [0.29, 0.717) is 24.6 Å². The van der Waals surface area contributed by atoms with Crippen molar-refractivity contribution in [1.82, 2.24) is 9.88 Å². The average molecular weight is 425 g/mol. The molecule has 0 radical (unpaired) electrons. The van der Waals surface area contributed by atoms with Gasteiger partial charge < -0.3 is 15.1 Å². The van der Waals surface area contributed by atoms with Crippen LogP contribution >= 0.6 is 11.8 Å². The highest BCUT2D eigenvalue weighted by atomic mass is 32.2. The Bertz CT molecular complexity index is 974. The molecule has 2 aliphatic heterocycles. The van der Waals surface area contributed by atoms with E-state index in [1.54, 1.807) is 17.0 Å². The number of nitrogens with zero attached hydrogens (tertiary/aromatic N) is 3. The van der Waals surface area contributed by atoms with Crippen LogP contribution in [0.2, 0.25) is 0 Å². The minimum absolute atomic E-state index is 0.162. The van der Waals surface area contributed by atoms with Gasteiger partial charge in [0.2, 0.25) is 11.8 Å². The van der Waals surface area contributed by atoms with Crippen LogP contribution < -0.4 is 10.2 Å². The standard InChI is InChI=1S/C22H24N4O3S/c1-15-8-7-11-18(23-15)24-19(27)14-26-16-9-3-4-10-17(16)30-20(22(26)29)21(28)25-12-5-2-6-13-25/h3-4,7-11,20H,2,5-6,12-14H2,1H3,(H,23,24,27)/t20-/m0/s1. The number of benzene rings is 1. The fourth-order valence-corrected chi connectivity index (χ4v) is 4.94. The van der Waals surface area contributed by atoms with Crippen LogP contribution in [0.4, 0.5) is 11.5 Å². The van der Waals surface area contributed by atoms with Gasteiger partial charge in [-0.2, -0.15) is 0 Å². The van der Waals surface area contributed by atoms with Gasteiger partial charge in [0.05, 0.1) is 5.69 Å². The highest BCUT2D eigenvalue weighted by molar-refractivity contribution is 8.01. The van der Waals surface area contributed by atoms with Crippen molar-refractivity contribution >= 4 is 41.0 Å². The number of hydrogen-bond acceptors (Lipinski definition) is 5. The Hall–Kier alpha value is -2.87. The molecule has 3 heterocycles. The van der Waals surface area contributed by atoms with Gasteiger partial charge in [0.1, 0.15) is 12.4 Å². The smallest absolute Gasteiger partial charge is 0.250 e. The molecule has 0 unspecified atom stereocenters. The first-order chi connectivity index (χ1) is 14.5. The van der Waals surface area contributed by atoms with Crippen molar-refractivity contribution in [3.05, 3.63) is 48.2 Å². The Balaban J connectivity index is 1.55. The Kier molecular flexibility index (Phi) is 6.03. The molecule has 1 saturated heterocycles. The second kappa shape index (κ2) is 8.87. The van der Waals surface area contributed by atoms with E-state index >= 15 is 0 Å². The number of piperidine rings is 1. The fourth-order valence-electron chi connectivity index (χ4n) is 3.76. The molecule has 4 rings (SSSR count). The van der Waals surface area contributed by atoms with Crippen LogP contribution in [-0.4, -0.2) is 52.5 Å². The normalized spacial score (nSPS) is 18.7. The van der Waals surface area contributed by atoms with Crippen molar-refractivity contribution in [3.63, 3.8) is 0 Å². The maximum absolute atomic E-state index is 13.3. The van der Waals surface area contributed by atoms with Crippen molar-refractivity contribution < 1.29 is 14.4 Å². The zero-order valence-electron chi connectivity index (χ0n) is 16.8. The number of anilines is 2. The lowest BCUT2D eigenvalue weighted by Gasteiger charge is -2.36. The van der Waals surface area contributed by atoms with Gasteiger partial charge in [-0.15, -0.1) is 11.8 Å². The average Bonchev–Trinajstić information content (AvgIpc) is 2.75. The Morgan fingerprint density at radius 3 is 2.63 bits per heavy atom. The molecule has 2 aromatic rings. The molecule has 1 N–H and O–H groups in total. The van der Waals surface area contributed by atoms with E-state index in [1.165, 1.54) is 16.7 Å². The molecule has 0 bridgehead atoms. The van der Waals surface area contributed by atoms with Crippen molar-refractivity contribution in [3.8, 4) is 0 Å². The second-order valence-corrected chi connectivity index (χ2v) is 8.64. The lowest BCUT2D eigenvalue weighted by Crippen LogP contribution is -2.52. The largest absolute Gasteiger partial charge is 0.341 e. The van der Waals surface area contributed by atoms with E-state index in [1.807, 2.05) is 37.3 Å². The van der Waals surface area contributed by atoms with Gasteiger partial charge in [-0.3, -0.25) is 14.4 Å². The summed E-state index contributed by atoms with van der Waals surface area (Å²) in [5.41, 5.74) is 1.44. The Labute approximate surface area is 179 Å². The van der Waals surface area contributed by atoms with E-state index in [0.717, 1.165) is 29.9 Å². The number of hydrogen-bond donors (Lipinski definition) is 1. The van der Waals surface area contributed by atoms with Crippen molar-refractivity contribution in [2.45, 2.75) is 36.3 Å². The van der Waals surface area contributed by atoms with Crippen LogP contribution in [0.25, 0.3) is 0 Å². The van der Waals surface area contributed by atoms with Crippen molar-refractivity contribution in [1.29, 1.82) is 0 Å². The number of rotatable bonds is 4. The zero-order chi connectivity index (χ0) is 21.1. The van der Waals surface area contributed by atoms with E-state index in [-0.39, 0.29) is 24.3 Å². The van der Waals surface area contributed by atoms with Gasteiger partial charge in [-0.25, -0.2) is 4.98 Å². The topological polar surface area (TPSA) is 82.6 Å². The lowest BCUT2D eigenvalue weighted by molar-refractivity contribution is -0.135. The first kappa shape index (κ1) is 20.4. The predicted molar refractivity (Wildman–Crippen MR) is 116 cm³/mol. The molecule has 3 amide bonds. The number of thioether (sulfide) groups is 1. The number of carbonyl (C=O) groups is 3. The maximum Gasteiger partial charge on any atom is 0.250 e. The van der Waals surface area contributed by atoms with Crippen LogP contribution in [0.3, 0.4) is 0 Å². The molecule has 156 valence electrons. The number of aromatic nitrogens is 1. The van der Waals surface area contributed by atoms with Gasteiger partial charge in [0, 0.05) is 23.7 Å². The molecule has 1 aromatic carbocycles. The first-order valence-electron chi connectivity index (χ1n) is 10.1. The van der Waals surface area contributed by atoms with Crippen LogP contribution in [-0.2, 0) is 14.4 Å². The molecular formula is C22H24N4O3S. The SMILES string of the molecule is Cc1cccc(NC(=O)CN2C(=O)[C@H](C(=O)N3CCCCC3)Sc3ccccc32)n1. The molecule has 8 heteroatoms. The molecular weight excluding hydrogens is 400 g/mol. The maximum atomic E-state index is 13.3. The molecule has 1 fully saturated rings. The summed E-state index contributed by atoms with van der Waals surface area (Å²) in [5.74, 6) is -0.424. The Morgan fingerprint density at radius 1 is 1.10 bits per heavy atom. The number of para-hydroxylation sites is 1. The van der Waals surface area contributed by atoms with Crippen molar-refractivity contribution in [2.75, 3.05) is 29.9 Å². The molecule has 7 nitrogen and oxygen atoms in total. The van der Waals surface area contributed by atoms with Crippen LogP contribution in [0.15, 0.2) is 47.4 Å². The van der Waals surface area contributed by atoms with Gasteiger partial charge in [0.25, 0.3) is 5.91 Å². The molecule has 0 aliphatic carbocycles. The minimum atomic E-state index is -0.858. The van der Waals surface area contributed by atoms with Gasteiger partial charge in [-0.1, -0.05) is 18.2 Å². The van der Waals surface area contributed by atoms with Crippen LogP contribution in [0.1, 0.15) is 25.0 Å². The van der Waals surface area contributed by atoms with E-state index < -0.39 is 5.25 Å². The third-order valence-electron chi connectivity index (χ3n) is 5.24. The Morgan fingerprint density at radius 2 is 1.87 bits per heavy atom. The van der Waals surface area contributed by atoms with Crippen LogP contribution in [0, 0.1) is 6.92 Å². The van der Waals surface area contributed by atoms with E-state index in [9.17, 15) is 14.4 Å². The summed E-state index contributed by atoms with van der Waals surface area (Å²) < 4.78 is 0. The molecule has 1 aromatic heterocycles. The van der Waals surface area contributed by atoms with Crippen molar-refractivity contribution in [2.24, 2.45) is 0 Å². The molecule has 0 saturated carbocycles. The number of pyridine rings is 1. The third-order valence-corrected chi connectivity index (χ3v) is 6.48. The number of carbonyl (C=O) groups excluding carboxylic acids is 3. The third kappa shape index (κ3) is 4.33. The molecule has 0 spiro atoms. The number of aryl methyl sites for hydroxylation is 1. The summed E-state index contributed by atoms with van der Waals surface area (Å²) in [6, 6.07) is 12.7. The summed E-state index contributed by atoms with van der Waals surface area (Å²) in [5, 5.41) is 1.88. The highest BCUT2D eigenvalue weighted by Crippen LogP contribution is 2.39. The van der Waals surface area contributed by atoms with Gasteiger partial charge in [-0.05, 0) is 50.5 Å². The summed E-state index contributed by atoms with van der Waals surface area (Å²) in [7, 11) is 0. The van der Waals surface area contributed by atoms with Gasteiger partial charge in [0.15, 0.2) is 5.25 Å². The quantitative estimate of drug-likeness (QED) is 0.763. The number of amides is 3. The second-order valence-electron chi connectivity index (χ2n) is 7.49. The molecule has 1 atom stereocenters. The fraction of sp³-hybridized carbons (Fsp3) is 0.364. The summed E-state index contributed by atoms with van der Waals surface area (Å²) >= 11 is 1.28. The molecule has 30 heavy (non-hydrogen) atoms. The summed E-state index contributed by atoms with van der Waals surface area (Å²) in [6.07, 6.45) is 3.03. The summed E-state index contributed by atoms with van der Waals surface area (Å²) in [6.45, 7) is 3.04. The van der Waals surface area contributed by atoms with Gasteiger partial charge >= 0.3 is 0 Å². The number of likely N-dealkylation sites (tertiary alicyclic amines) is 1. The summed E-state index contributed by atoms with van der Waals surface area (Å²) in [4.78, 5) is 47.3. The minimum Gasteiger partial charge on any atom is -0.341 e. The van der Waals surface area contributed by atoms with E-state index in [2.05, 4.69) is 10.3 Å². The predicted octanol–water partition coefficient (Wildman–Crippen LogP) is 2.85. The zero-order valence-corrected chi connectivity index (χ0v) is 17.7.